The first-order chi connectivity index (χ1) is 14.1. The van der Waals surface area contributed by atoms with Crippen molar-refractivity contribution in [1.29, 1.82) is 0 Å². The summed E-state index contributed by atoms with van der Waals surface area (Å²) < 4.78 is 11.4. The summed E-state index contributed by atoms with van der Waals surface area (Å²) in [4.78, 5) is 21.3. The minimum atomic E-state index is -0.238. The van der Waals surface area contributed by atoms with Crippen LogP contribution >= 0.6 is 11.3 Å². The number of carbonyl (C=O) groups excluding carboxylic acids is 1. The average Bonchev–Trinajstić information content (AvgIpc) is 3.21. The standard InChI is InChI=1S/C20H23N5O3S/c1-3-8-27-20-25-24-19(29-20)17-7-5-13(11-28-17)22-18(26)16-10-21-15-9-12(2)4-6-14(15)23-16/h4,6,9-10,13,17H,3,5,7-8,11H2,1-2H3,(H,22,26)/t13-,17+/m0/s1. The summed E-state index contributed by atoms with van der Waals surface area (Å²) in [5, 5.41) is 12.6. The molecule has 2 aromatic heterocycles. The molecule has 0 bridgehead atoms. The second-order valence-corrected chi connectivity index (χ2v) is 8.04. The van der Waals surface area contributed by atoms with Crippen molar-refractivity contribution in [3.8, 4) is 5.19 Å². The molecule has 0 unspecified atom stereocenters. The zero-order chi connectivity index (χ0) is 20.2. The van der Waals surface area contributed by atoms with Crippen LogP contribution in [0.2, 0.25) is 0 Å². The van der Waals surface area contributed by atoms with E-state index in [1.54, 1.807) is 0 Å². The van der Waals surface area contributed by atoms with Gasteiger partial charge in [0.1, 0.15) is 16.8 Å². The van der Waals surface area contributed by atoms with Crippen LogP contribution in [0.25, 0.3) is 11.0 Å². The number of nitrogens with one attached hydrogen (secondary N) is 1. The number of aryl methyl sites for hydroxylation is 1. The molecule has 8 nitrogen and oxygen atoms in total. The van der Waals surface area contributed by atoms with Crippen molar-refractivity contribution in [2.45, 2.75) is 45.3 Å². The smallest absolute Gasteiger partial charge is 0.294 e. The molecule has 1 N–H and O–H groups in total. The number of ether oxygens (including phenoxy) is 2. The molecule has 29 heavy (non-hydrogen) atoms. The Morgan fingerprint density at radius 3 is 3.00 bits per heavy atom. The topological polar surface area (TPSA) is 99.1 Å². The second kappa shape index (κ2) is 8.79. The van der Waals surface area contributed by atoms with E-state index in [9.17, 15) is 4.79 Å². The molecular formula is C20H23N5O3S. The molecule has 1 aliphatic heterocycles. The number of carbonyl (C=O) groups is 1. The zero-order valence-corrected chi connectivity index (χ0v) is 17.2. The fourth-order valence-electron chi connectivity index (χ4n) is 3.15. The number of amides is 1. The van der Waals surface area contributed by atoms with Gasteiger partial charge < -0.3 is 14.8 Å². The van der Waals surface area contributed by atoms with E-state index < -0.39 is 0 Å². The van der Waals surface area contributed by atoms with Crippen molar-refractivity contribution in [3.63, 3.8) is 0 Å². The van der Waals surface area contributed by atoms with Crippen molar-refractivity contribution in [1.82, 2.24) is 25.5 Å². The predicted molar refractivity (Wildman–Crippen MR) is 109 cm³/mol. The van der Waals surface area contributed by atoms with Gasteiger partial charge in [0, 0.05) is 0 Å². The Bertz CT molecular complexity index is 1000. The number of benzene rings is 1. The van der Waals surface area contributed by atoms with E-state index in [0.29, 0.717) is 29.6 Å². The molecule has 3 heterocycles. The zero-order valence-electron chi connectivity index (χ0n) is 16.4. The summed E-state index contributed by atoms with van der Waals surface area (Å²) in [6, 6.07) is 5.72. The molecular weight excluding hydrogens is 390 g/mol. The van der Waals surface area contributed by atoms with Crippen LogP contribution in [0, 0.1) is 6.92 Å². The van der Waals surface area contributed by atoms with E-state index in [-0.39, 0.29) is 18.1 Å². The third-order valence-electron chi connectivity index (χ3n) is 4.67. The predicted octanol–water partition coefficient (Wildman–Crippen LogP) is 3.23. The summed E-state index contributed by atoms with van der Waals surface area (Å²) in [7, 11) is 0. The van der Waals surface area contributed by atoms with Crippen molar-refractivity contribution >= 4 is 28.3 Å². The SMILES string of the molecule is CCCOc1nnc([C@H]2CC[C@H](NC(=O)c3cnc4cc(C)ccc4n3)CO2)s1. The molecule has 1 saturated heterocycles. The van der Waals surface area contributed by atoms with E-state index in [1.165, 1.54) is 17.5 Å². The van der Waals surface area contributed by atoms with Gasteiger partial charge in [0.2, 0.25) is 0 Å². The maximum atomic E-state index is 12.6. The number of aromatic nitrogens is 4. The molecule has 2 atom stereocenters. The monoisotopic (exact) mass is 413 g/mol. The fourth-order valence-corrected chi connectivity index (χ4v) is 3.95. The highest BCUT2D eigenvalue weighted by atomic mass is 32.1. The summed E-state index contributed by atoms with van der Waals surface area (Å²) in [6.45, 7) is 5.09. The number of hydrogen-bond donors (Lipinski definition) is 1. The van der Waals surface area contributed by atoms with Crippen LogP contribution < -0.4 is 10.1 Å². The lowest BCUT2D eigenvalue weighted by molar-refractivity contribution is -0.00374. The van der Waals surface area contributed by atoms with Crippen molar-refractivity contribution < 1.29 is 14.3 Å². The third kappa shape index (κ3) is 4.68. The summed E-state index contributed by atoms with van der Waals surface area (Å²) in [6.07, 6.45) is 3.89. The maximum absolute atomic E-state index is 12.6. The molecule has 0 radical (unpaired) electrons. The number of fused-ring (bicyclic) bond motifs is 1. The molecule has 1 fully saturated rings. The van der Waals surface area contributed by atoms with Crippen molar-refractivity contribution in [3.05, 3.63) is 40.7 Å². The van der Waals surface area contributed by atoms with Gasteiger partial charge in [-0.05, 0) is 43.9 Å². The Kier molecular flexibility index (Phi) is 5.96. The highest BCUT2D eigenvalue weighted by Crippen LogP contribution is 2.32. The normalized spacial score (nSPS) is 19.2. The summed E-state index contributed by atoms with van der Waals surface area (Å²) in [5.74, 6) is -0.238. The van der Waals surface area contributed by atoms with Crippen molar-refractivity contribution in [2.75, 3.05) is 13.2 Å². The molecule has 1 aromatic carbocycles. The lowest BCUT2D eigenvalue weighted by atomic mass is 10.1. The second-order valence-electron chi connectivity index (χ2n) is 7.07. The quantitative estimate of drug-likeness (QED) is 0.662. The molecule has 0 aliphatic carbocycles. The van der Waals surface area contributed by atoms with E-state index in [1.807, 2.05) is 32.0 Å². The first-order valence-electron chi connectivity index (χ1n) is 9.74. The number of nitrogens with zero attached hydrogens (tertiary/aromatic N) is 4. The van der Waals surface area contributed by atoms with Gasteiger partial charge in [-0.1, -0.05) is 29.4 Å². The van der Waals surface area contributed by atoms with Crippen LogP contribution in [0.1, 0.15) is 53.3 Å². The molecule has 3 aromatic rings. The minimum Gasteiger partial charge on any atom is -0.469 e. The van der Waals surface area contributed by atoms with E-state index in [0.717, 1.165) is 35.4 Å². The highest BCUT2D eigenvalue weighted by Gasteiger charge is 2.27. The summed E-state index contributed by atoms with van der Waals surface area (Å²) >= 11 is 1.42. The van der Waals surface area contributed by atoms with E-state index in [4.69, 9.17) is 9.47 Å². The van der Waals surface area contributed by atoms with Crippen LogP contribution in [0.5, 0.6) is 5.19 Å². The lowest BCUT2D eigenvalue weighted by Gasteiger charge is -2.28. The van der Waals surface area contributed by atoms with Crippen LogP contribution in [0.15, 0.2) is 24.4 Å². The van der Waals surface area contributed by atoms with Crippen molar-refractivity contribution in [2.24, 2.45) is 0 Å². The molecule has 4 rings (SSSR count). The van der Waals surface area contributed by atoms with E-state index in [2.05, 4.69) is 25.5 Å². The van der Waals surface area contributed by atoms with Crippen LogP contribution in [-0.4, -0.2) is 45.3 Å². The largest absolute Gasteiger partial charge is 0.469 e. The number of hydrogen-bond acceptors (Lipinski definition) is 8. The van der Waals surface area contributed by atoms with Gasteiger partial charge in [-0.15, -0.1) is 5.10 Å². The first kappa shape index (κ1) is 19.7. The van der Waals surface area contributed by atoms with Gasteiger partial charge >= 0.3 is 0 Å². The maximum Gasteiger partial charge on any atom is 0.294 e. The fraction of sp³-hybridized carbons (Fsp3) is 0.450. The highest BCUT2D eigenvalue weighted by molar-refractivity contribution is 7.13. The Hall–Kier alpha value is -2.65. The Morgan fingerprint density at radius 1 is 1.31 bits per heavy atom. The number of rotatable bonds is 6. The molecule has 1 amide bonds. The Morgan fingerprint density at radius 2 is 2.21 bits per heavy atom. The van der Waals surface area contributed by atoms with Crippen LogP contribution in [0.4, 0.5) is 0 Å². The Balaban J connectivity index is 1.33. The van der Waals surface area contributed by atoms with Gasteiger partial charge in [0.05, 0.1) is 36.5 Å². The van der Waals surface area contributed by atoms with Gasteiger partial charge in [0.15, 0.2) is 0 Å². The molecule has 1 aliphatic rings. The van der Waals surface area contributed by atoms with Crippen LogP contribution in [0.3, 0.4) is 0 Å². The van der Waals surface area contributed by atoms with E-state index >= 15 is 0 Å². The molecule has 0 saturated carbocycles. The summed E-state index contributed by atoms with van der Waals surface area (Å²) in [5.41, 5.74) is 2.91. The van der Waals surface area contributed by atoms with Gasteiger partial charge in [-0.2, -0.15) is 0 Å². The van der Waals surface area contributed by atoms with Crippen LogP contribution in [-0.2, 0) is 4.74 Å². The molecule has 9 heteroatoms. The molecule has 0 spiro atoms. The average molecular weight is 414 g/mol. The lowest BCUT2D eigenvalue weighted by Crippen LogP contribution is -2.41. The first-order valence-corrected chi connectivity index (χ1v) is 10.6. The third-order valence-corrected chi connectivity index (χ3v) is 5.60. The molecule has 152 valence electrons. The minimum absolute atomic E-state index is 0.0713. The van der Waals surface area contributed by atoms with Gasteiger partial charge in [0.25, 0.3) is 11.1 Å². The van der Waals surface area contributed by atoms with Gasteiger partial charge in [-0.3, -0.25) is 9.78 Å². The Labute approximate surface area is 172 Å². The van der Waals surface area contributed by atoms with Gasteiger partial charge in [-0.25, -0.2) is 4.98 Å².